The summed E-state index contributed by atoms with van der Waals surface area (Å²) in [5.74, 6) is 1.44. The van der Waals surface area contributed by atoms with Crippen LogP contribution in [0.25, 0.3) is 33.2 Å². The van der Waals surface area contributed by atoms with E-state index in [1.54, 1.807) is 0 Å². The number of amides is 1. The van der Waals surface area contributed by atoms with Crippen LogP contribution < -0.4 is 10.1 Å². The maximum absolute atomic E-state index is 11.7. The van der Waals surface area contributed by atoms with Crippen LogP contribution in [-0.2, 0) is 4.79 Å². The Morgan fingerprint density at radius 3 is 2.79 bits per heavy atom. The molecule has 33 heavy (non-hydrogen) atoms. The monoisotopic (exact) mass is 442 g/mol. The van der Waals surface area contributed by atoms with E-state index in [1.807, 2.05) is 19.3 Å². The van der Waals surface area contributed by atoms with Crippen LogP contribution in [0.15, 0.2) is 30.6 Å². The van der Waals surface area contributed by atoms with E-state index in [0.29, 0.717) is 30.8 Å². The molecule has 168 valence electrons. The molecule has 8 heteroatoms. The molecule has 0 unspecified atom stereocenters. The van der Waals surface area contributed by atoms with E-state index in [0.717, 1.165) is 40.6 Å². The molecular weight excluding hydrogens is 416 g/mol. The van der Waals surface area contributed by atoms with Crippen LogP contribution >= 0.6 is 0 Å². The second-order valence-electron chi connectivity index (χ2n) is 9.80. The Kier molecular flexibility index (Phi) is 4.07. The number of pyridine rings is 1. The molecule has 0 spiro atoms. The van der Waals surface area contributed by atoms with Crippen molar-refractivity contribution >= 4 is 27.8 Å². The second kappa shape index (κ2) is 7.04. The smallest absolute Gasteiger partial charge is 0.241 e. The molecule has 2 saturated carbocycles. The molecule has 2 atom stereocenters. The number of rotatable bonds is 6. The molecule has 2 aliphatic carbocycles. The van der Waals surface area contributed by atoms with Crippen molar-refractivity contribution in [3.8, 4) is 17.1 Å². The van der Waals surface area contributed by atoms with E-state index in [2.05, 4.69) is 38.3 Å². The minimum Gasteiger partial charge on any atom is -0.473 e. The summed E-state index contributed by atoms with van der Waals surface area (Å²) in [5.41, 5.74) is 5.86. The van der Waals surface area contributed by atoms with E-state index in [4.69, 9.17) is 14.7 Å². The van der Waals surface area contributed by atoms with E-state index >= 15 is 0 Å². The molecule has 1 saturated heterocycles. The van der Waals surface area contributed by atoms with Gasteiger partial charge in [0.15, 0.2) is 0 Å². The largest absolute Gasteiger partial charge is 0.473 e. The molecule has 0 bridgehead atoms. The summed E-state index contributed by atoms with van der Waals surface area (Å²) in [6.07, 6.45) is 7.05. The number of benzene rings is 1. The van der Waals surface area contributed by atoms with E-state index in [-0.39, 0.29) is 17.9 Å². The third-order valence-electron chi connectivity index (χ3n) is 7.30. The number of carbonyl (C=O) groups excluding carboxylic acids is 1. The number of fused-ring (bicyclic) bond motifs is 2. The lowest BCUT2D eigenvalue weighted by Gasteiger charge is -2.20. The molecule has 3 fully saturated rings. The predicted octanol–water partition coefficient (Wildman–Crippen LogP) is 4.09. The number of imidazole rings is 1. The zero-order valence-electron chi connectivity index (χ0n) is 18.5. The zero-order valence-corrected chi connectivity index (χ0v) is 18.5. The fraction of sp³-hybridized carbons (Fsp3) is 0.440. The predicted molar refractivity (Wildman–Crippen MR) is 124 cm³/mol. The lowest BCUT2D eigenvalue weighted by Crippen LogP contribution is -2.26. The number of carbonyl (C=O) groups is 1. The minimum absolute atomic E-state index is 0.0863. The highest BCUT2D eigenvalue weighted by molar-refractivity contribution is 5.89. The topological polar surface area (TPSA) is 97.7 Å². The summed E-state index contributed by atoms with van der Waals surface area (Å²) in [4.78, 5) is 21.4. The molecule has 0 radical (unpaired) electrons. The first-order valence-electron chi connectivity index (χ1n) is 11.9. The van der Waals surface area contributed by atoms with Crippen LogP contribution in [0.5, 0.6) is 5.88 Å². The molecule has 1 aliphatic heterocycles. The Bertz CT molecular complexity index is 1400. The van der Waals surface area contributed by atoms with Gasteiger partial charge in [0.05, 0.1) is 23.1 Å². The van der Waals surface area contributed by atoms with Gasteiger partial charge >= 0.3 is 0 Å². The summed E-state index contributed by atoms with van der Waals surface area (Å²) in [6.45, 7) is 2.67. The number of aromatic amines is 1. The fourth-order valence-electron chi connectivity index (χ4n) is 4.99. The number of ether oxygens (including phenoxy) is 1. The third kappa shape index (κ3) is 3.27. The van der Waals surface area contributed by atoms with Crippen molar-refractivity contribution in [1.82, 2.24) is 30.0 Å². The standard InChI is InChI=1S/C25H26N6O2/c1-13(16-9-22(32)26-11-16)33-25-24-21(27-12-31(24)17-5-6-17)10-19(28-25)15-4-7-18-20(8-15)29-30-23(18)14-2-3-14/h4,7-8,10,12-14,16-17H,2-3,5-6,9,11H2,1H3,(H,26,32)(H,29,30)/t13-,16-/m1/s1. The SMILES string of the molecule is C[C@@H](Oc1nc(-c2ccc3c(C4CC4)[nH]nc3c2)cc2ncn(C3CC3)c12)[C@H]1CNC(=O)C1. The van der Waals surface area contributed by atoms with Crippen molar-refractivity contribution in [3.63, 3.8) is 0 Å². The van der Waals surface area contributed by atoms with Gasteiger partial charge in [-0.1, -0.05) is 12.1 Å². The maximum atomic E-state index is 11.7. The van der Waals surface area contributed by atoms with Gasteiger partial charge in [0.25, 0.3) is 0 Å². The number of aromatic nitrogens is 5. The average Bonchev–Trinajstić information content (AvgIpc) is 3.72. The second-order valence-corrected chi connectivity index (χ2v) is 9.80. The van der Waals surface area contributed by atoms with Crippen LogP contribution in [0.4, 0.5) is 0 Å². The van der Waals surface area contributed by atoms with Crippen molar-refractivity contribution in [3.05, 3.63) is 36.3 Å². The van der Waals surface area contributed by atoms with Crippen LogP contribution in [0, 0.1) is 5.92 Å². The molecule has 2 N–H and O–H groups in total. The number of hydrogen-bond acceptors (Lipinski definition) is 5. The Balaban J connectivity index is 1.30. The first-order chi connectivity index (χ1) is 16.1. The van der Waals surface area contributed by atoms with Gasteiger partial charge in [-0.25, -0.2) is 9.97 Å². The first kappa shape index (κ1) is 19.1. The minimum atomic E-state index is -0.132. The maximum Gasteiger partial charge on any atom is 0.241 e. The Hall–Kier alpha value is -3.42. The van der Waals surface area contributed by atoms with Gasteiger partial charge in [-0.2, -0.15) is 5.10 Å². The van der Waals surface area contributed by atoms with Crippen molar-refractivity contribution in [2.45, 2.75) is 57.1 Å². The Morgan fingerprint density at radius 2 is 2.03 bits per heavy atom. The molecule has 4 heterocycles. The van der Waals surface area contributed by atoms with Crippen molar-refractivity contribution < 1.29 is 9.53 Å². The van der Waals surface area contributed by atoms with Crippen LogP contribution in [-0.4, -0.2) is 43.3 Å². The number of H-pyrrole nitrogens is 1. The number of nitrogens with one attached hydrogen (secondary N) is 2. The molecule has 8 nitrogen and oxygen atoms in total. The highest BCUT2D eigenvalue weighted by Gasteiger charge is 2.31. The van der Waals surface area contributed by atoms with Crippen LogP contribution in [0.3, 0.4) is 0 Å². The number of hydrogen-bond donors (Lipinski definition) is 2. The molecule has 4 aromatic rings. The van der Waals surface area contributed by atoms with Gasteiger partial charge < -0.3 is 14.6 Å². The van der Waals surface area contributed by atoms with Crippen molar-refractivity contribution in [2.75, 3.05) is 6.54 Å². The molecular formula is C25H26N6O2. The molecule has 3 aliphatic rings. The molecule has 7 rings (SSSR count). The Labute approximate surface area is 190 Å². The summed E-state index contributed by atoms with van der Waals surface area (Å²) in [7, 11) is 0. The van der Waals surface area contributed by atoms with E-state index in [1.165, 1.54) is 23.9 Å². The first-order valence-corrected chi connectivity index (χ1v) is 11.9. The van der Waals surface area contributed by atoms with Gasteiger partial charge in [-0.05, 0) is 44.7 Å². The molecule has 3 aromatic heterocycles. The number of nitrogens with zero attached hydrogens (tertiary/aromatic N) is 4. The van der Waals surface area contributed by atoms with Gasteiger partial charge in [0.2, 0.25) is 11.8 Å². The summed E-state index contributed by atoms with van der Waals surface area (Å²) in [6, 6.07) is 8.87. The van der Waals surface area contributed by atoms with E-state index in [9.17, 15) is 4.79 Å². The zero-order chi connectivity index (χ0) is 22.1. The average molecular weight is 443 g/mol. The summed E-state index contributed by atoms with van der Waals surface area (Å²) < 4.78 is 8.64. The highest BCUT2D eigenvalue weighted by atomic mass is 16.5. The molecule has 1 amide bonds. The third-order valence-corrected chi connectivity index (χ3v) is 7.30. The normalized spacial score (nSPS) is 21.6. The molecule has 1 aromatic carbocycles. The van der Waals surface area contributed by atoms with Crippen LogP contribution in [0.1, 0.15) is 56.7 Å². The van der Waals surface area contributed by atoms with Gasteiger partial charge in [0.1, 0.15) is 11.6 Å². The van der Waals surface area contributed by atoms with Gasteiger partial charge in [-0.15, -0.1) is 0 Å². The van der Waals surface area contributed by atoms with Crippen LogP contribution in [0.2, 0.25) is 0 Å². The fourth-order valence-corrected chi connectivity index (χ4v) is 4.99. The quantitative estimate of drug-likeness (QED) is 0.469. The summed E-state index contributed by atoms with van der Waals surface area (Å²) in [5, 5.41) is 11.9. The lowest BCUT2D eigenvalue weighted by atomic mass is 10.0. The van der Waals surface area contributed by atoms with Gasteiger partial charge in [-0.3, -0.25) is 9.89 Å². The van der Waals surface area contributed by atoms with Crippen molar-refractivity contribution in [1.29, 1.82) is 0 Å². The summed E-state index contributed by atoms with van der Waals surface area (Å²) >= 11 is 0. The van der Waals surface area contributed by atoms with Gasteiger partial charge in [0, 0.05) is 47.5 Å². The Morgan fingerprint density at radius 1 is 1.15 bits per heavy atom. The lowest BCUT2D eigenvalue weighted by molar-refractivity contribution is -0.119. The van der Waals surface area contributed by atoms with Crippen molar-refractivity contribution in [2.24, 2.45) is 5.92 Å². The highest BCUT2D eigenvalue weighted by Crippen LogP contribution is 2.43. The van der Waals surface area contributed by atoms with E-state index < -0.39 is 0 Å².